The van der Waals surface area contributed by atoms with Crippen molar-refractivity contribution in [2.45, 2.75) is 12.6 Å². The van der Waals surface area contributed by atoms with Crippen LogP contribution in [0.1, 0.15) is 18.2 Å². The van der Waals surface area contributed by atoms with Gasteiger partial charge in [0.1, 0.15) is 11.9 Å². The van der Waals surface area contributed by atoms with Gasteiger partial charge in [0.05, 0.1) is 13.7 Å². The smallest absolute Gasteiger partial charge is 0.238 e. The van der Waals surface area contributed by atoms with E-state index < -0.39 is 0 Å². The molecule has 1 atom stereocenters. The highest BCUT2D eigenvalue weighted by Crippen LogP contribution is 2.24. The molecule has 1 fully saturated rings. The van der Waals surface area contributed by atoms with Gasteiger partial charge in [-0.05, 0) is 24.1 Å². The number of rotatable bonds is 6. The third kappa shape index (κ3) is 3.24. The van der Waals surface area contributed by atoms with Gasteiger partial charge in [-0.3, -0.25) is 10.1 Å². The molecule has 0 bridgehead atoms. The first-order chi connectivity index (χ1) is 9.26. The Labute approximate surface area is 113 Å². The summed E-state index contributed by atoms with van der Waals surface area (Å²) in [5.74, 6) is 0.955. The zero-order valence-electron chi connectivity index (χ0n) is 11.4. The van der Waals surface area contributed by atoms with E-state index in [2.05, 4.69) is 5.32 Å². The fourth-order valence-electron chi connectivity index (χ4n) is 2.26. The van der Waals surface area contributed by atoms with Gasteiger partial charge in [0.2, 0.25) is 5.91 Å². The molecule has 0 saturated carbocycles. The Morgan fingerprint density at radius 1 is 1.32 bits per heavy atom. The maximum atomic E-state index is 11.9. The van der Waals surface area contributed by atoms with E-state index in [1.807, 2.05) is 29.2 Å². The molecule has 1 aromatic rings. The second-order valence-electron chi connectivity index (χ2n) is 4.49. The zero-order valence-corrected chi connectivity index (χ0v) is 11.4. The molecule has 104 valence electrons. The topological polar surface area (TPSA) is 50.8 Å². The SMILES string of the molecule is COCCCN1C(=O)CNC1c1ccc(OC)cc1. The van der Waals surface area contributed by atoms with Crippen LogP contribution in [0.5, 0.6) is 5.75 Å². The molecule has 0 spiro atoms. The summed E-state index contributed by atoms with van der Waals surface area (Å²) >= 11 is 0. The average molecular weight is 264 g/mol. The molecule has 0 aliphatic carbocycles. The van der Waals surface area contributed by atoms with E-state index in [4.69, 9.17) is 9.47 Å². The Balaban J connectivity index is 2.05. The van der Waals surface area contributed by atoms with E-state index in [-0.39, 0.29) is 12.1 Å². The molecular formula is C14H20N2O3. The molecular weight excluding hydrogens is 244 g/mol. The number of benzene rings is 1. The van der Waals surface area contributed by atoms with Crippen LogP contribution in [0.15, 0.2) is 24.3 Å². The molecule has 1 unspecified atom stereocenters. The van der Waals surface area contributed by atoms with Gasteiger partial charge in [-0.2, -0.15) is 0 Å². The van der Waals surface area contributed by atoms with Crippen LogP contribution in [0, 0.1) is 0 Å². The number of methoxy groups -OCH3 is 2. The monoisotopic (exact) mass is 264 g/mol. The third-order valence-corrected chi connectivity index (χ3v) is 3.26. The van der Waals surface area contributed by atoms with E-state index in [0.717, 1.165) is 17.7 Å². The molecule has 5 heteroatoms. The van der Waals surface area contributed by atoms with Gasteiger partial charge in [-0.1, -0.05) is 12.1 Å². The molecule has 1 aliphatic rings. The summed E-state index contributed by atoms with van der Waals surface area (Å²) in [6.45, 7) is 1.76. The Hall–Kier alpha value is -1.59. The number of nitrogens with zero attached hydrogens (tertiary/aromatic N) is 1. The molecule has 1 aromatic carbocycles. The van der Waals surface area contributed by atoms with E-state index in [0.29, 0.717) is 19.7 Å². The zero-order chi connectivity index (χ0) is 13.7. The lowest BCUT2D eigenvalue weighted by Crippen LogP contribution is -2.31. The lowest BCUT2D eigenvalue weighted by molar-refractivity contribution is -0.128. The van der Waals surface area contributed by atoms with Crippen LogP contribution in [-0.2, 0) is 9.53 Å². The molecule has 19 heavy (non-hydrogen) atoms. The lowest BCUT2D eigenvalue weighted by Gasteiger charge is -2.24. The van der Waals surface area contributed by atoms with Crippen molar-refractivity contribution < 1.29 is 14.3 Å². The van der Waals surface area contributed by atoms with Gasteiger partial charge in [0.25, 0.3) is 0 Å². The Kier molecular flexibility index (Phi) is 4.76. The average Bonchev–Trinajstić information content (AvgIpc) is 2.81. The van der Waals surface area contributed by atoms with Crippen LogP contribution in [0.2, 0.25) is 0 Å². The van der Waals surface area contributed by atoms with E-state index >= 15 is 0 Å². The standard InChI is InChI=1S/C14H20N2O3/c1-18-9-3-8-16-13(17)10-15-14(16)11-4-6-12(19-2)7-5-11/h4-7,14-15H,3,8-10H2,1-2H3. The predicted molar refractivity (Wildman–Crippen MR) is 71.9 cm³/mol. The quantitative estimate of drug-likeness (QED) is 0.783. The lowest BCUT2D eigenvalue weighted by atomic mass is 10.1. The normalized spacial score (nSPS) is 18.9. The summed E-state index contributed by atoms with van der Waals surface area (Å²) in [5.41, 5.74) is 1.07. The second-order valence-corrected chi connectivity index (χ2v) is 4.49. The molecule has 1 saturated heterocycles. The highest BCUT2D eigenvalue weighted by molar-refractivity contribution is 5.80. The maximum Gasteiger partial charge on any atom is 0.238 e. The van der Waals surface area contributed by atoms with Gasteiger partial charge >= 0.3 is 0 Å². The summed E-state index contributed by atoms with van der Waals surface area (Å²) in [5, 5.41) is 3.23. The summed E-state index contributed by atoms with van der Waals surface area (Å²) in [7, 11) is 3.31. The van der Waals surface area contributed by atoms with Crippen molar-refractivity contribution >= 4 is 5.91 Å². The van der Waals surface area contributed by atoms with Gasteiger partial charge < -0.3 is 14.4 Å². The minimum atomic E-state index is -0.0461. The summed E-state index contributed by atoms with van der Waals surface area (Å²) < 4.78 is 10.2. The number of carbonyl (C=O) groups is 1. The van der Waals surface area contributed by atoms with Crippen LogP contribution < -0.4 is 10.1 Å². The van der Waals surface area contributed by atoms with E-state index in [1.165, 1.54) is 0 Å². The van der Waals surface area contributed by atoms with Crippen molar-refractivity contribution in [3.63, 3.8) is 0 Å². The minimum absolute atomic E-state index is 0.0461. The van der Waals surface area contributed by atoms with Crippen LogP contribution in [0.25, 0.3) is 0 Å². The van der Waals surface area contributed by atoms with Crippen LogP contribution in [0.3, 0.4) is 0 Å². The number of ether oxygens (including phenoxy) is 2. The number of carbonyl (C=O) groups excluding carboxylic acids is 1. The third-order valence-electron chi connectivity index (χ3n) is 3.26. The molecule has 1 amide bonds. The number of amides is 1. The summed E-state index contributed by atoms with van der Waals surface area (Å²) in [6, 6.07) is 7.79. The molecule has 1 heterocycles. The van der Waals surface area contributed by atoms with Gasteiger partial charge in [0.15, 0.2) is 0 Å². The first-order valence-corrected chi connectivity index (χ1v) is 6.42. The number of hydrogen-bond acceptors (Lipinski definition) is 4. The Morgan fingerprint density at radius 2 is 2.05 bits per heavy atom. The molecule has 1 N–H and O–H groups in total. The van der Waals surface area contributed by atoms with E-state index in [1.54, 1.807) is 14.2 Å². The van der Waals surface area contributed by atoms with Crippen molar-refractivity contribution in [1.82, 2.24) is 10.2 Å². The first kappa shape index (κ1) is 13.8. The fourth-order valence-corrected chi connectivity index (χ4v) is 2.26. The van der Waals surface area contributed by atoms with Gasteiger partial charge in [-0.25, -0.2) is 0 Å². The predicted octanol–water partition coefficient (Wildman–Crippen LogP) is 1.16. The van der Waals surface area contributed by atoms with Crippen LogP contribution in [-0.4, -0.2) is 44.7 Å². The van der Waals surface area contributed by atoms with Gasteiger partial charge in [-0.15, -0.1) is 0 Å². The van der Waals surface area contributed by atoms with Crippen molar-refractivity contribution in [2.75, 3.05) is 33.9 Å². The first-order valence-electron chi connectivity index (χ1n) is 6.42. The molecule has 2 rings (SSSR count). The Bertz CT molecular complexity index is 419. The fraction of sp³-hybridized carbons (Fsp3) is 0.500. The molecule has 5 nitrogen and oxygen atoms in total. The number of nitrogens with one attached hydrogen (secondary N) is 1. The highest BCUT2D eigenvalue weighted by Gasteiger charge is 2.30. The largest absolute Gasteiger partial charge is 0.497 e. The second kappa shape index (κ2) is 6.54. The maximum absolute atomic E-state index is 11.9. The molecule has 0 radical (unpaired) electrons. The summed E-state index contributed by atoms with van der Waals surface area (Å²) in [4.78, 5) is 13.7. The minimum Gasteiger partial charge on any atom is -0.497 e. The van der Waals surface area contributed by atoms with Gasteiger partial charge in [0, 0.05) is 20.3 Å². The molecule has 1 aliphatic heterocycles. The van der Waals surface area contributed by atoms with E-state index in [9.17, 15) is 4.79 Å². The summed E-state index contributed by atoms with van der Waals surface area (Å²) in [6.07, 6.45) is 0.798. The van der Waals surface area contributed by atoms with Crippen molar-refractivity contribution in [2.24, 2.45) is 0 Å². The number of hydrogen-bond donors (Lipinski definition) is 1. The van der Waals surface area contributed by atoms with Crippen molar-refractivity contribution in [3.05, 3.63) is 29.8 Å². The van der Waals surface area contributed by atoms with Crippen molar-refractivity contribution in [1.29, 1.82) is 0 Å². The Morgan fingerprint density at radius 3 is 2.68 bits per heavy atom. The molecule has 0 aromatic heterocycles. The van der Waals surface area contributed by atoms with Crippen molar-refractivity contribution in [3.8, 4) is 5.75 Å². The van der Waals surface area contributed by atoms with Crippen LogP contribution in [0.4, 0.5) is 0 Å². The highest BCUT2D eigenvalue weighted by atomic mass is 16.5. The van der Waals surface area contributed by atoms with Crippen LogP contribution >= 0.6 is 0 Å².